The summed E-state index contributed by atoms with van der Waals surface area (Å²) in [6.45, 7) is 4.50. The second-order valence-corrected chi connectivity index (χ2v) is 3.55. The van der Waals surface area contributed by atoms with Gasteiger partial charge in [0.05, 0.1) is 0 Å². The molecular weight excluding hydrogens is 214 g/mol. The Morgan fingerprint density at radius 1 is 1.53 bits per heavy atom. The van der Waals surface area contributed by atoms with Gasteiger partial charge in [-0.3, -0.25) is 4.79 Å². The SMILES string of the molecule is CCN/C=C(/C#N)C(=O)Nc1cccc(C)c1. The molecule has 0 aliphatic carbocycles. The van der Waals surface area contributed by atoms with Gasteiger partial charge in [-0.15, -0.1) is 0 Å². The van der Waals surface area contributed by atoms with Gasteiger partial charge in [0.15, 0.2) is 0 Å². The first-order valence-electron chi connectivity index (χ1n) is 5.39. The molecule has 0 atom stereocenters. The van der Waals surface area contributed by atoms with Crippen molar-refractivity contribution >= 4 is 11.6 Å². The van der Waals surface area contributed by atoms with Crippen LogP contribution in [0.2, 0.25) is 0 Å². The van der Waals surface area contributed by atoms with E-state index in [0.29, 0.717) is 12.2 Å². The maximum absolute atomic E-state index is 11.7. The van der Waals surface area contributed by atoms with Gasteiger partial charge in [-0.25, -0.2) is 0 Å². The summed E-state index contributed by atoms with van der Waals surface area (Å²) in [5.74, 6) is -0.404. The van der Waals surface area contributed by atoms with Crippen molar-refractivity contribution in [2.75, 3.05) is 11.9 Å². The molecule has 1 amide bonds. The Morgan fingerprint density at radius 2 is 2.29 bits per heavy atom. The lowest BCUT2D eigenvalue weighted by molar-refractivity contribution is -0.112. The van der Waals surface area contributed by atoms with E-state index >= 15 is 0 Å². The smallest absolute Gasteiger partial charge is 0.267 e. The Hall–Kier alpha value is -2.28. The van der Waals surface area contributed by atoms with Crippen LogP contribution in [0.5, 0.6) is 0 Å². The highest BCUT2D eigenvalue weighted by molar-refractivity contribution is 6.06. The standard InChI is InChI=1S/C13H15N3O/c1-3-15-9-11(8-14)13(17)16-12-6-4-5-10(2)7-12/h4-7,9,15H,3H2,1-2H3,(H,16,17)/b11-9-. The zero-order chi connectivity index (χ0) is 12.7. The molecular formula is C13H15N3O. The number of amides is 1. The average molecular weight is 229 g/mol. The predicted molar refractivity (Wildman–Crippen MR) is 67.2 cm³/mol. The Morgan fingerprint density at radius 3 is 2.88 bits per heavy atom. The molecule has 0 spiro atoms. The van der Waals surface area contributed by atoms with Gasteiger partial charge in [-0.05, 0) is 31.5 Å². The van der Waals surface area contributed by atoms with Gasteiger partial charge in [0.25, 0.3) is 5.91 Å². The number of nitrogens with one attached hydrogen (secondary N) is 2. The van der Waals surface area contributed by atoms with Gasteiger partial charge in [0.1, 0.15) is 11.6 Å². The summed E-state index contributed by atoms with van der Waals surface area (Å²) in [7, 11) is 0. The van der Waals surface area contributed by atoms with Crippen molar-refractivity contribution in [1.29, 1.82) is 5.26 Å². The Balaban J connectivity index is 2.75. The number of carbonyl (C=O) groups excluding carboxylic acids is 1. The molecule has 0 aromatic heterocycles. The summed E-state index contributed by atoms with van der Waals surface area (Å²) in [6.07, 6.45) is 1.42. The minimum atomic E-state index is -0.404. The van der Waals surface area contributed by atoms with E-state index in [1.807, 2.05) is 38.1 Å². The molecule has 0 saturated carbocycles. The maximum atomic E-state index is 11.7. The molecule has 0 aliphatic rings. The van der Waals surface area contributed by atoms with Crippen molar-refractivity contribution in [1.82, 2.24) is 5.32 Å². The highest BCUT2D eigenvalue weighted by Gasteiger charge is 2.08. The average Bonchev–Trinajstić information content (AvgIpc) is 2.30. The number of rotatable bonds is 4. The van der Waals surface area contributed by atoms with Crippen LogP contribution < -0.4 is 10.6 Å². The van der Waals surface area contributed by atoms with E-state index in [0.717, 1.165) is 5.56 Å². The minimum Gasteiger partial charge on any atom is -0.390 e. The number of hydrogen-bond donors (Lipinski definition) is 2. The summed E-state index contributed by atoms with van der Waals surface area (Å²) in [5, 5.41) is 14.3. The van der Waals surface area contributed by atoms with Crippen molar-refractivity contribution in [2.45, 2.75) is 13.8 Å². The van der Waals surface area contributed by atoms with E-state index in [9.17, 15) is 4.79 Å². The van der Waals surface area contributed by atoms with Crippen LogP contribution in [-0.2, 0) is 4.79 Å². The summed E-state index contributed by atoms with van der Waals surface area (Å²) in [4.78, 5) is 11.7. The lowest BCUT2D eigenvalue weighted by atomic mass is 10.2. The Bertz CT molecular complexity index is 472. The van der Waals surface area contributed by atoms with E-state index < -0.39 is 5.91 Å². The maximum Gasteiger partial charge on any atom is 0.267 e. The molecule has 0 fully saturated rings. The van der Waals surface area contributed by atoms with Crippen molar-refractivity contribution in [3.05, 3.63) is 41.6 Å². The van der Waals surface area contributed by atoms with Gasteiger partial charge < -0.3 is 10.6 Å². The molecule has 0 bridgehead atoms. The van der Waals surface area contributed by atoms with E-state index in [-0.39, 0.29) is 5.57 Å². The molecule has 1 rings (SSSR count). The Labute approximate surface area is 101 Å². The van der Waals surface area contributed by atoms with Crippen molar-refractivity contribution in [3.8, 4) is 6.07 Å². The van der Waals surface area contributed by atoms with Crippen molar-refractivity contribution in [2.24, 2.45) is 0 Å². The molecule has 4 heteroatoms. The minimum absolute atomic E-state index is 0.0633. The number of nitriles is 1. The fraction of sp³-hybridized carbons (Fsp3) is 0.231. The van der Waals surface area contributed by atoms with E-state index in [1.54, 1.807) is 6.07 Å². The third-order valence-electron chi connectivity index (χ3n) is 2.09. The molecule has 0 unspecified atom stereocenters. The molecule has 0 heterocycles. The van der Waals surface area contributed by atoms with Crippen LogP contribution in [0, 0.1) is 18.3 Å². The number of nitrogens with zero attached hydrogens (tertiary/aromatic N) is 1. The number of anilines is 1. The van der Waals surface area contributed by atoms with Crippen molar-refractivity contribution in [3.63, 3.8) is 0 Å². The molecule has 0 aliphatic heterocycles. The molecule has 88 valence electrons. The third kappa shape index (κ3) is 3.99. The lowest BCUT2D eigenvalue weighted by Crippen LogP contribution is -2.16. The fourth-order valence-electron chi connectivity index (χ4n) is 1.27. The first-order chi connectivity index (χ1) is 8.17. The summed E-state index contributed by atoms with van der Waals surface area (Å²) < 4.78 is 0. The quantitative estimate of drug-likeness (QED) is 0.612. The van der Waals surface area contributed by atoms with Gasteiger partial charge in [0.2, 0.25) is 0 Å². The molecule has 17 heavy (non-hydrogen) atoms. The monoisotopic (exact) mass is 229 g/mol. The van der Waals surface area contributed by atoms with E-state index in [4.69, 9.17) is 5.26 Å². The number of benzene rings is 1. The summed E-state index contributed by atoms with van der Waals surface area (Å²) in [5.41, 5.74) is 1.80. The zero-order valence-corrected chi connectivity index (χ0v) is 9.95. The topological polar surface area (TPSA) is 64.9 Å². The molecule has 0 saturated heterocycles. The van der Waals surface area contributed by atoms with Gasteiger partial charge >= 0.3 is 0 Å². The van der Waals surface area contributed by atoms with Crippen LogP contribution >= 0.6 is 0 Å². The zero-order valence-electron chi connectivity index (χ0n) is 9.95. The highest BCUT2D eigenvalue weighted by Crippen LogP contribution is 2.10. The molecule has 1 aromatic carbocycles. The van der Waals surface area contributed by atoms with Crippen LogP contribution in [0.4, 0.5) is 5.69 Å². The number of carbonyl (C=O) groups is 1. The lowest BCUT2D eigenvalue weighted by Gasteiger charge is -2.05. The number of hydrogen-bond acceptors (Lipinski definition) is 3. The second-order valence-electron chi connectivity index (χ2n) is 3.55. The first kappa shape index (κ1) is 12.8. The van der Waals surface area contributed by atoms with Crippen LogP contribution in [0.3, 0.4) is 0 Å². The Kier molecular flexibility index (Phi) is 4.77. The van der Waals surface area contributed by atoms with Gasteiger partial charge in [-0.1, -0.05) is 12.1 Å². The summed E-state index contributed by atoms with van der Waals surface area (Å²) in [6, 6.07) is 9.28. The summed E-state index contributed by atoms with van der Waals surface area (Å²) >= 11 is 0. The molecule has 2 N–H and O–H groups in total. The third-order valence-corrected chi connectivity index (χ3v) is 2.09. The largest absolute Gasteiger partial charge is 0.390 e. The van der Waals surface area contributed by atoms with Crippen molar-refractivity contribution < 1.29 is 4.79 Å². The van der Waals surface area contributed by atoms with E-state index in [1.165, 1.54) is 6.20 Å². The van der Waals surface area contributed by atoms with Gasteiger partial charge in [-0.2, -0.15) is 5.26 Å². The second kappa shape index (κ2) is 6.33. The van der Waals surface area contributed by atoms with Gasteiger partial charge in [0, 0.05) is 18.4 Å². The van der Waals surface area contributed by atoms with Crippen LogP contribution in [-0.4, -0.2) is 12.5 Å². The fourth-order valence-corrected chi connectivity index (χ4v) is 1.27. The predicted octanol–water partition coefficient (Wildman–Crippen LogP) is 1.95. The van der Waals surface area contributed by atoms with Crippen LogP contribution in [0.15, 0.2) is 36.0 Å². The molecule has 1 aromatic rings. The van der Waals surface area contributed by atoms with Crippen LogP contribution in [0.25, 0.3) is 0 Å². The van der Waals surface area contributed by atoms with E-state index in [2.05, 4.69) is 10.6 Å². The van der Waals surface area contributed by atoms with Crippen LogP contribution in [0.1, 0.15) is 12.5 Å². The molecule has 4 nitrogen and oxygen atoms in total. The number of aryl methyl sites for hydroxylation is 1. The first-order valence-corrected chi connectivity index (χ1v) is 5.39. The highest BCUT2D eigenvalue weighted by atomic mass is 16.1. The molecule has 0 radical (unpaired) electrons. The normalized spacial score (nSPS) is 10.5.